The van der Waals surface area contributed by atoms with Crippen molar-refractivity contribution < 1.29 is 0 Å². The summed E-state index contributed by atoms with van der Waals surface area (Å²) in [4.78, 5) is 2.79. The molecule has 12 heavy (non-hydrogen) atoms. The molecule has 4 aliphatic rings. The molecule has 3 aliphatic carbocycles. The van der Waals surface area contributed by atoms with E-state index in [1.54, 1.807) is 0 Å². The molecule has 3 saturated carbocycles. The van der Waals surface area contributed by atoms with Crippen molar-refractivity contribution in [2.24, 2.45) is 5.41 Å². The van der Waals surface area contributed by atoms with Gasteiger partial charge in [0, 0.05) is 5.54 Å². The summed E-state index contributed by atoms with van der Waals surface area (Å²) in [5.41, 5.74) is 1.52. The van der Waals surface area contributed by atoms with Crippen LogP contribution in [-0.4, -0.2) is 23.5 Å². The molecule has 1 nitrogen and oxygen atoms in total. The van der Waals surface area contributed by atoms with E-state index in [1.807, 2.05) is 0 Å². The number of likely N-dealkylation sites (tertiary alicyclic amines) is 1. The SMILES string of the molecule is CC12CC(N3CCCCC3)(C1)C2. The van der Waals surface area contributed by atoms with Gasteiger partial charge in [0.25, 0.3) is 0 Å². The van der Waals surface area contributed by atoms with Crippen LogP contribution in [0.25, 0.3) is 0 Å². The van der Waals surface area contributed by atoms with Crippen molar-refractivity contribution in [2.75, 3.05) is 13.1 Å². The smallest absolute Gasteiger partial charge is 0.0225 e. The number of nitrogens with zero attached hydrogens (tertiary/aromatic N) is 1. The van der Waals surface area contributed by atoms with Crippen LogP contribution in [0.3, 0.4) is 0 Å². The Labute approximate surface area is 75.1 Å². The summed E-state index contributed by atoms with van der Waals surface area (Å²) in [6.45, 7) is 5.25. The first kappa shape index (κ1) is 7.37. The minimum absolute atomic E-state index is 0.731. The average Bonchev–Trinajstić information content (AvgIpc) is 1.99. The van der Waals surface area contributed by atoms with Crippen LogP contribution in [0, 0.1) is 5.41 Å². The molecular weight excluding hydrogens is 146 g/mol. The summed E-state index contributed by atoms with van der Waals surface area (Å²) in [5.74, 6) is 0. The largest absolute Gasteiger partial charge is 0.298 e. The van der Waals surface area contributed by atoms with E-state index >= 15 is 0 Å². The van der Waals surface area contributed by atoms with Gasteiger partial charge < -0.3 is 0 Å². The Kier molecular flexibility index (Phi) is 1.27. The van der Waals surface area contributed by atoms with Crippen molar-refractivity contribution in [1.29, 1.82) is 0 Å². The molecule has 4 rings (SSSR count). The molecule has 1 saturated heterocycles. The monoisotopic (exact) mass is 165 g/mol. The van der Waals surface area contributed by atoms with Crippen LogP contribution in [0.15, 0.2) is 0 Å². The number of hydrogen-bond acceptors (Lipinski definition) is 1. The molecule has 0 aromatic heterocycles. The molecule has 0 unspecified atom stereocenters. The van der Waals surface area contributed by atoms with Gasteiger partial charge in [-0.05, 0) is 50.6 Å². The summed E-state index contributed by atoms with van der Waals surface area (Å²) >= 11 is 0. The molecule has 0 spiro atoms. The fraction of sp³-hybridized carbons (Fsp3) is 1.00. The van der Waals surface area contributed by atoms with E-state index in [0.29, 0.717) is 0 Å². The third-order valence-electron chi connectivity index (χ3n) is 4.29. The highest BCUT2D eigenvalue weighted by Gasteiger charge is 2.67. The highest BCUT2D eigenvalue weighted by Crippen LogP contribution is 2.69. The zero-order valence-electron chi connectivity index (χ0n) is 8.10. The highest BCUT2D eigenvalue weighted by molar-refractivity contribution is 5.21. The summed E-state index contributed by atoms with van der Waals surface area (Å²) < 4.78 is 0. The number of piperidine rings is 1. The zero-order valence-corrected chi connectivity index (χ0v) is 8.10. The molecule has 4 fully saturated rings. The van der Waals surface area contributed by atoms with Crippen molar-refractivity contribution >= 4 is 0 Å². The van der Waals surface area contributed by atoms with Crippen LogP contribution < -0.4 is 0 Å². The molecule has 1 aliphatic heterocycles. The fourth-order valence-corrected chi connectivity index (χ4v) is 3.93. The van der Waals surface area contributed by atoms with E-state index in [9.17, 15) is 0 Å². The number of hydrogen-bond donors (Lipinski definition) is 0. The van der Waals surface area contributed by atoms with Gasteiger partial charge in [0.05, 0.1) is 0 Å². The van der Waals surface area contributed by atoms with Gasteiger partial charge in [-0.2, -0.15) is 0 Å². The molecule has 0 aromatic carbocycles. The van der Waals surface area contributed by atoms with Gasteiger partial charge >= 0.3 is 0 Å². The van der Waals surface area contributed by atoms with E-state index in [2.05, 4.69) is 11.8 Å². The Morgan fingerprint density at radius 2 is 1.50 bits per heavy atom. The van der Waals surface area contributed by atoms with E-state index in [1.165, 1.54) is 51.6 Å². The summed E-state index contributed by atoms with van der Waals surface area (Å²) in [7, 11) is 0. The lowest BCUT2D eigenvalue weighted by molar-refractivity contribution is -0.213. The first-order valence-corrected chi connectivity index (χ1v) is 5.48. The van der Waals surface area contributed by atoms with Gasteiger partial charge in [0.2, 0.25) is 0 Å². The Bertz CT molecular complexity index is 183. The van der Waals surface area contributed by atoms with Crippen LogP contribution in [0.1, 0.15) is 45.4 Å². The van der Waals surface area contributed by atoms with Crippen LogP contribution >= 0.6 is 0 Å². The van der Waals surface area contributed by atoms with Crippen LogP contribution in [0.2, 0.25) is 0 Å². The highest BCUT2D eigenvalue weighted by atomic mass is 15.2. The van der Waals surface area contributed by atoms with Crippen LogP contribution in [0.5, 0.6) is 0 Å². The van der Waals surface area contributed by atoms with E-state index < -0.39 is 0 Å². The molecule has 68 valence electrons. The summed E-state index contributed by atoms with van der Waals surface area (Å²) in [6.07, 6.45) is 8.93. The Morgan fingerprint density at radius 1 is 0.917 bits per heavy atom. The Balaban J connectivity index is 1.67. The fourth-order valence-electron chi connectivity index (χ4n) is 3.93. The first-order valence-electron chi connectivity index (χ1n) is 5.48. The van der Waals surface area contributed by atoms with Gasteiger partial charge in [0.1, 0.15) is 0 Å². The van der Waals surface area contributed by atoms with Gasteiger partial charge in [0.15, 0.2) is 0 Å². The van der Waals surface area contributed by atoms with Crippen LogP contribution in [-0.2, 0) is 0 Å². The van der Waals surface area contributed by atoms with Crippen molar-refractivity contribution in [1.82, 2.24) is 4.90 Å². The van der Waals surface area contributed by atoms with Gasteiger partial charge in [-0.15, -0.1) is 0 Å². The number of rotatable bonds is 1. The van der Waals surface area contributed by atoms with E-state index in [4.69, 9.17) is 0 Å². The molecule has 2 bridgehead atoms. The minimum atomic E-state index is 0.731. The van der Waals surface area contributed by atoms with Crippen LogP contribution in [0.4, 0.5) is 0 Å². The standard InChI is InChI=1S/C11H19N/c1-10-7-11(8-10,9-10)12-5-3-2-4-6-12/h2-9H2,1H3. The van der Waals surface area contributed by atoms with Crippen molar-refractivity contribution in [3.05, 3.63) is 0 Å². The minimum Gasteiger partial charge on any atom is -0.298 e. The lowest BCUT2D eigenvalue weighted by Gasteiger charge is -2.73. The molecule has 1 heteroatoms. The van der Waals surface area contributed by atoms with Crippen molar-refractivity contribution in [2.45, 2.75) is 51.0 Å². The first-order chi connectivity index (χ1) is 5.73. The summed E-state index contributed by atoms with van der Waals surface area (Å²) in [5, 5.41) is 0. The maximum Gasteiger partial charge on any atom is 0.0225 e. The zero-order chi connectivity index (χ0) is 8.23. The van der Waals surface area contributed by atoms with E-state index in [-0.39, 0.29) is 0 Å². The molecule has 0 radical (unpaired) electrons. The van der Waals surface area contributed by atoms with Gasteiger partial charge in [-0.3, -0.25) is 4.90 Å². The normalized spacial score (nSPS) is 52.8. The molecule has 0 aromatic rings. The molecule has 0 atom stereocenters. The average molecular weight is 165 g/mol. The summed E-state index contributed by atoms with van der Waals surface area (Å²) in [6, 6.07) is 0. The Morgan fingerprint density at radius 3 is 2.00 bits per heavy atom. The van der Waals surface area contributed by atoms with Crippen molar-refractivity contribution in [3.8, 4) is 0 Å². The second kappa shape index (κ2) is 2.06. The predicted molar refractivity (Wildman–Crippen MR) is 50.1 cm³/mol. The maximum atomic E-state index is 2.79. The topological polar surface area (TPSA) is 3.24 Å². The lowest BCUT2D eigenvalue weighted by atomic mass is 9.39. The molecule has 0 amide bonds. The quantitative estimate of drug-likeness (QED) is 0.577. The second-order valence-electron chi connectivity index (χ2n) is 5.61. The maximum absolute atomic E-state index is 2.79. The Hall–Kier alpha value is -0.0400. The predicted octanol–water partition coefficient (Wildman–Crippen LogP) is 2.41. The molecular formula is C11H19N. The van der Waals surface area contributed by atoms with E-state index in [0.717, 1.165) is 11.0 Å². The molecule has 1 heterocycles. The lowest BCUT2D eigenvalue weighted by Crippen LogP contribution is -2.74. The second-order valence-corrected chi connectivity index (χ2v) is 5.61. The van der Waals surface area contributed by atoms with Crippen molar-refractivity contribution in [3.63, 3.8) is 0 Å². The van der Waals surface area contributed by atoms with Gasteiger partial charge in [-0.25, -0.2) is 0 Å². The third kappa shape index (κ3) is 0.783. The molecule has 0 N–H and O–H groups in total. The third-order valence-corrected chi connectivity index (χ3v) is 4.29. The van der Waals surface area contributed by atoms with Gasteiger partial charge in [-0.1, -0.05) is 13.3 Å².